The van der Waals surface area contributed by atoms with E-state index in [1.165, 1.54) is 0 Å². The molecule has 128 valence electrons. The van der Waals surface area contributed by atoms with Gasteiger partial charge in [0.05, 0.1) is 23.5 Å². The summed E-state index contributed by atoms with van der Waals surface area (Å²) in [6, 6.07) is 0. The van der Waals surface area contributed by atoms with E-state index in [-0.39, 0.29) is 11.8 Å². The van der Waals surface area contributed by atoms with Crippen LogP contribution in [0.4, 0.5) is 5.69 Å². The third-order valence-corrected chi connectivity index (χ3v) is 5.39. The van der Waals surface area contributed by atoms with Gasteiger partial charge < -0.3 is 9.42 Å². The zero-order valence-electron chi connectivity index (χ0n) is 14.4. The maximum atomic E-state index is 12.9. The van der Waals surface area contributed by atoms with E-state index in [1.54, 1.807) is 10.9 Å². The van der Waals surface area contributed by atoms with Crippen molar-refractivity contribution in [2.24, 2.45) is 18.9 Å². The second kappa shape index (κ2) is 5.73. The summed E-state index contributed by atoms with van der Waals surface area (Å²) in [5, 5.41) is 8.22. The Hall–Kier alpha value is -2.15. The minimum atomic E-state index is 0.0828. The van der Waals surface area contributed by atoms with E-state index in [2.05, 4.69) is 15.2 Å². The average Bonchev–Trinajstić information content (AvgIpc) is 3.23. The van der Waals surface area contributed by atoms with Gasteiger partial charge in [0, 0.05) is 45.0 Å². The minimum Gasteiger partial charge on any atom is -0.361 e. The van der Waals surface area contributed by atoms with Gasteiger partial charge in [0.25, 0.3) is 0 Å². The van der Waals surface area contributed by atoms with Crippen LogP contribution in [-0.4, -0.2) is 45.4 Å². The summed E-state index contributed by atoms with van der Waals surface area (Å²) >= 11 is 0. The number of nitrogens with zero attached hydrogens (tertiary/aromatic N) is 5. The molecule has 0 radical (unpaired) electrons. The number of likely N-dealkylation sites (tertiary alicyclic amines) is 1. The van der Waals surface area contributed by atoms with E-state index in [9.17, 15) is 4.79 Å². The summed E-state index contributed by atoms with van der Waals surface area (Å²) in [5.41, 5.74) is 3.01. The van der Waals surface area contributed by atoms with Crippen LogP contribution in [0.3, 0.4) is 0 Å². The van der Waals surface area contributed by atoms with Crippen LogP contribution in [0.15, 0.2) is 16.9 Å². The molecule has 0 aromatic carbocycles. The lowest BCUT2D eigenvalue weighted by Crippen LogP contribution is -2.45. The number of fused-ring (bicyclic) bond motifs is 1. The average molecular weight is 329 g/mol. The Labute approximate surface area is 141 Å². The first-order chi connectivity index (χ1) is 11.5. The molecule has 2 saturated heterocycles. The minimum absolute atomic E-state index is 0.0828. The number of amides is 1. The molecule has 0 aliphatic carbocycles. The number of aryl methyl sites for hydroxylation is 3. The third-order valence-electron chi connectivity index (χ3n) is 5.39. The van der Waals surface area contributed by atoms with Crippen LogP contribution in [0.2, 0.25) is 0 Å². The van der Waals surface area contributed by atoms with Crippen molar-refractivity contribution in [3.05, 3.63) is 29.4 Å². The smallest absolute Gasteiger partial charge is 0.231 e. The van der Waals surface area contributed by atoms with E-state index in [1.807, 2.05) is 32.0 Å². The largest absolute Gasteiger partial charge is 0.361 e. The Morgan fingerprint density at radius 2 is 2.17 bits per heavy atom. The number of rotatable bonds is 3. The topological polar surface area (TPSA) is 67.4 Å². The third kappa shape index (κ3) is 2.53. The lowest BCUT2D eigenvalue weighted by Gasteiger charge is -2.32. The van der Waals surface area contributed by atoms with Crippen molar-refractivity contribution in [1.82, 2.24) is 19.8 Å². The second-order valence-electron chi connectivity index (χ2n) is 7.01. The molecule has 0 spiro atoms. The van der Waals surface area contributed by atoms with Gasteiger partial charge in [0.15, 0.2) is 0 Å². The monoisotopic (exact) mass is 329 g/mol. The molecule has 2 aliphatic rings. The molecule has 0 saturated carbocycles. The normalized spacial score (nSPS) is 24.6. The highest BCUT2D eigenvalue weighted by Crippen LogP contribution is 2.35. The zero-order chi connectivity index (χ0) is 16.8. The number of anilines is 1. The fourth-order valence-electron chi connectivity index (χ4n) is 4.02. The van der Waals surface area contributed by atoms with Gasteiger partial charge in [-0.25, -0.2) is 0 Å². The van der Waals surface area contributed by atoms with Crippen LogP contribution in [0.1, 0.15) is 23.4 Å². The fourth-order valence-corrected chi connectivity index (χ4v) is 4.02. The molecule has 24 heavy (non-hydrogen) atoms. The van der Waals surface area contributed by atoms with Gasteiger partial charge in [-0.05, 0) is 26.2 Å². The van der Waals surface area contributed by atoms with Crippen LogP contribution in [-0.2, 0) is 18.4 Å². The first-order valence-electron chi connectivity index (χ1n) is 8.47. The molecule has 7 nitrogen and oxygen atoms in total. The van der Waals surface area contributed by atoms with Crippen LogP contribution < -0.4 is 4.90 Å². The molecule has 2 fully saturated rings. The number of aromatic nitrogens is 3. The molecule has 2 atom stereocenters. The SMILES string of the molecule is Cc1noc(C)c1CN1C[C@H]2CCN(c3cnn(C)c3)C(=O)[C@@H]2C1. The van der Waals surface area contributed by atoms with Crippen molar-refractivity contribution in [2.45, 2.75) is 26.8 Å². The first kappa shape index (κ1) is 15.4. The van der Waals surface area contributed by atoms with Crippen LogP contribution in [0.25, 0.3) is 0 Å². The summed E-state index contributed by atoms with van der Waals surface area (Å²) in [6.07, 6.45) is 4.73. The van der Waals surface area contributed by atoms with Crippen molar-refractivity contribution in [3.8, 4) is 0 Å². The fraction of sp³-hybridized carbons (Fsp3) is 0.588. The molecule has 4 heterocycles. The van der Waals surface area contributed by atoms with Crippen molar-refractivity contribution in [1.29, 1.82) is 0 Å². The quantitative estimate of drug-likeness (QED) is 0.854. The lowest BCUT2D eigenvalue weighted by molar-refractivity contribution is -0.124. The Kier molecular flexibility index (Phi) is 3.68. The predicted molar refractivity (Wildman–Crippen MR) is 88.4 cm³/mol. The summed E-state index contributed by atoms with van der Waals surface area (Å²) in [5.74, 6) is 1.65. The predicted octanol–water partition coefficient (Wildman–Crippen LogP) is 1.51. The van der Waals surface area contributed by atoms with E-state index in [4.69, 9.17) is 4.52 Å². The molecule has 2 aromatic rings. The highest BCUT2D eigenvalue weighted by atomic mass is 16.5. The van der Waals surface area contributed by atoms with E-state index in [0.717, 1.165) is 55.3 Å². The van der Waals surface area contributed by atoms with Gasteiger partial charge in [-0.1, -0.05) is 5.16 Å². The summed E-state index contributed by atoms with van der Waals surface area (Å²) in [6.45, 7) is 7.31. The molecular formula is C17H23N5O2. The number of carbonyl (C=O) groups is 1. The number of hydrogen-bond donors (Lipinski definition) is 0. The highest BCUT2D eigenvalue weighted by molar-refractivity contribution is 5.96. The van der Waals surface area contributed by atoms with Gasteiger partial charge in [-0.2, -0.15) is 5.10 Å². The Morgan fingerprint density at radius 3 is 2.83 bits per heavy atom. The number of hydrogen-bond acceptors (Lipinski definition) is 5. The van der Waals surface area contributed by atoms with Crippen molar-refractivity contribution in [2.75, 3.05) is 24.5 Å². The van der Waals surface area contributed by atoms with Gasteiger partial charge >= 0.3 is 0 Å². The van der Waals surface area contributed by atoms with E-state index >= 15 is 0 Å². The molecule has 0 N–H and O–H groups in total. The molecule has 2 aliphatic heterocycles. The molecule has 1 amide bonds. The summed E-state index contributed by atoms with van der Waals surface area (Å²) in [4.78, 5) is 17.2. The maximum Gasteiger partial charge on any atom is 0.231 e. The Balaban J connectivity index is 1.48. The second-order valence-corrected chi connectivity index (χ2v) is 7.01. The van der Waals surface area contributed by atoms with Gasteiger partial charge in [0.2, 0.25) is 5.91 Å². The molecule has 0 bridgehead atoms. The molecule has 0 unspecified atom stereocenters. The maximum absolute atomic E-state index is 12.9. The first-order valence-corrected chi connectivity index (χ1v) is 8.47. The van der Waals surface area contributed by atoms with Gasteiger partial charge in [-0.3, -0.25) is 14.4 Å². The summed E-state index contributed by atoms with van der Waals surface area (Å²) < 4.78 is 7.00. The molecule has 4 rings (SSSR count). The number of piperidine rings is 1. The van der Waals surface area contributed by atoms with E-state index in [0.29, 0.717) is 5.92 Å². The molecule has 7 heteroatoms. The lowest BCUT2D eigenvalue weighted by atomic mass is 9.88. The van der Waals surface area contributed by atoms with Crippen molar-refractivity contribution >= 4 is 11.6 Å². The number of carbonyl (C=O) groups excluding carboxylic acids is 1. The van der Waals surface area contributed by atoms with Crippen LogP contribution >= 0.6 is 0 Å². The van der Waals surface area contributed by atoms with Crippen molar-refractivity contribution < 1.29 is 9.32 Å². The van der Waals surface area contributed by atoms with Crippen LogP contribution in [0.5, 0.6) is 0 Å². The Morgan fingerprint density at radius 1 is 1.33 bits per heavy atom. The van der Waals surface area contributed by atoms with Gasteiger partial charge in [0.1, 0.15) is 5.76 Å². The van der Waals surface area contributed by atoms with Crippen molar-refractivity contribution in [3.63, 3.8) is 0 Å². The Bertz CT molecular complexity index is 745. The van der Waals surface area contributed by atoms with Gasteiger partial charge in [-0.15, -0.1) is 0 Å². The summed E-state index contributed by atoms with van der Waals surface area (Å²) in [7, 11) is 1.88. The van der Waals surface area contributed by atoms with E-state index < -0.39 is 0 Å². The zero-order valence-corrected chi connectivity index (χ0v) is 14.4. The standard InChI is InChI=1S/C17H23N5O2/c1-11-15(12(2)24-19-11)9-21-7-13-4-5-22(17(23)16(13)10-21)14-6-18-20(3)8-14/h6,8,13,16H,4-5,7,9-10H2,1-3H3/t13-,16-/m1/s1. The highest BCUT2D eigenvalue weighted by Gasteiger charge is 2.43. The van der Waals surface area contributed by atoms with Crippen LogP contribution in [0, 0.1) is 25.7 Å². The molecule has 2 aromatic heterocycles. The molecular weight excluding hydrogens is 306 g/mol.